The Morgan fingerprint density at radius 1 is 0.875 bits per heavy atom. The van der Waals surface area contributed by atoms with Crippen LogP contribution in [0.4, 0.5) is 4.39 Å². The lowest BCUT2D eigenvalue weighted by Gasteiger charge is -2.30. The molecule has 0 saturated carbocycles. The third kappa shape index (κ3) is 5.77. The molecule has 0 radical (unpaired) electrons. The van der Waals surface area contributed by atoms with E-state index in [4.69, 9.17) is 0 Å². The molecule has 0 atom stereocenters. The van der Waals surface area contributed by atoms with Gasteiger partial charge in [0.15, 0.2) is 6.21 Å². The molecular formula is C21H34FN2+. The predicted molar refractivity (Wildman–Crippen MR) is 103 cm³/mol. The molecule has 0 aliphatic carbocycles. The first-order valence-electron chi connectivity index (χ1n) is 9.01. The molecule has 0 heterocycles. The van der Waals surface area contributed by atoms with Crippen molar-refractivity contribution < 1.29 is 8.97 Å². The first-order chi connectivity index (χ1) is 11.1. The number of rotatable bonds is 7. The van der Waals surface area contributed by atoms with Gasteiger partial charge in [-0.15, -0.1) is 0 Å². The summed E-state index contributed by atoms with van der Waals surface area (Å²) in [5.41, 5.74) is 2.15. The molecule has 3 heteroatoms. The van der Waals surface area contributed by atoms with Gasteiger partial charge >= 0.3 is 0 Å². The summed E-state index contributed by atoms with van der Waals surface area (Å²) in [7, 11) is 0. The zero-order valence-electron chi connectivity index (χ0n) is 16.5. The average Bonchev–Trinajstić information content (AvgIpc) is 2.46. The van der Waals surface area contributed by atoms with Gasteiger partial charge in [0.25, 0.3) is 0 Å². The fourth-order valence-electron chi connectivity index (χ4n) is 2.93. The Morgan fingerprint density at radius 3 is 1.71 bits per heavy atom. The van der Waals surface area contributed by atoms with Crippen molar-refractivity contribution >= 4 is 11.8 Å². The lowest BCUT2D eigenvalue weighted by Crippen LogP contribution is -2.33. The van der Waals surface area contributed by atoms with E-state index in [0.717, 1.165) is 11.1 Å². The van der Waals surface area contributed by atoms with E-state index in [-0.39, 0.29) is 5.82 Å². The Hall–Kier alpha value is -1.64. The van der Waals surface area contributed by atoms with Gasteiger partial charge in [-0.1, -0.05) is 12.1 Å². The van der Waals surface area contributed by atoms with Gasteiger partial charge in [0.05, 0.1) is 5.57 Å². The minimum atomic E-state index is -0.202. The first kappa shape index (κ1) is 20.4. The maximum Gasteiger partial charge on any atom is 0.173 e. The van der Waals surface area contributed by atoms with E-state index in [1.165, 1.54) is 12.1 Å². The van der Waals surface area contributed by atoms with Crippen LogP contribution in [0, 0.1) is 5.82 Å². The Kier molecular flexibility index (Phi) is 7.65. The predicted octanol–water partition coefficient (Wildman–Crippen LogP) is 5.19. The van der Waals surface area contributed by atoms with Crippen LogP contribution < -0.4 is 0 Å². The monoisotopic (exact) mass is 333 g/mol. The highest BCUT2D eigenvalue weighted by Gasteiger charge is 2.18. The number of benzene rings is 1. The Labute approximate surface area is 147 Å². The van der Waals surface area contributed by atoms with Crippen molar-refractivity contribution in [3.8, 4) is 0 Å². The minimum absolute atomic E-state index is 0.202. The smallest absolute Gasteiger partial charge is 0.173 e. The molecule has 2 nitrogen and oxygen atoms in total. The summed E-state index contributed by atoms with van der Waals surface area (Å²) >= 11 is 0. The summed E-state index contributed by atoms with van der Waals surface area (Å²) in [6, 6.07) is 8.38. The topological polar surface area (TPSA) is 6.25 Å². The van der Waals surface area contributed by atoms with Crippen molar-refractivity contribution in [2.24, 2.45) is 0 Å². The van der Waals surface area contributed by atoms with Gasteiger partial charge in [0.2, 0.25) is 0 Å². The Morgan fingerprint density at radius 2 is 1.33 bits per heavy atom. The first-order valence-corrected chi connectivity index (χ1v) is 9.01. The van der Waals surface area contributed by atoms with Gasteiger partial charge < -0.3 is 4.90 Å². The summed E-state index contributed by atoms with van der Waals surface area (Å²) in [5.74, 6) is -0.202. The Balaban J connectivity index is 3.46. The molecule has 0 N–H and O–H groups in total. The summed E-state index contributed by atoms with van der Waals surface area (Å²) < 4.78 is 15.7. The lowest BCUT2D eigenvalue weighted by atomic mass is 10.1. The number of hydrogen-bond donors (Lipinski definition) is 0. The molecule has 0 bridgehead atoms. The average molecular weight is 334 g/mol. The van der Waals surface area contributed by atoms with Gasteiger partial charge in [-0.25, -0.2) is 8.97 Å². The molecule has 0 spiro atoms. The summed E-state index contributed by atoms with van der Waals surface area (Å²) in [6.07, 6.45) is 4.42. The van der Waals surface area contributed by atoms with Gasteiger partial charge in [0.1, 0.15) is 17.9 Å². The van der Waals surface area contributed by atoms with Crippen LogP contribution in [0.5, 0.6) is 0 Å². The van der Waals surface area contributed by atoms with Crippen molar-refractivity contribution in [2.75, 3.05) is 0 Å². The summed E-state index contributed by atoms with van der Waals surface area (Å²) in [5, 5.41) is 0. The highest BCUT2D eigenvalue weighted by atomic mass is 19.1. The van der Waals surface area contributed by atoms with Crippen LogP contribution in [0.3, 0.4) is 0 Å². The number of allylic oxidation sites excluding steroid dienone is 1. The molecule has 1 aromatic rings. The summed E-state index contributed by atoms with van der Waals surface area (Å²) in [6.45, 7) is 17.6. The normalized spacial score (nSPS) is 12.5. The Bertz CT molecular complexity index is 548. The maximum absolute atomic E-state index is 13.3. The second-order valence-corrected chi connectivity index (χ2v) is 7.49. The van der Waals surface area contributed by atoms with Gasteiger partial charge in [-0.05, 0) is 73.1 Å². The number of halogens is 1. The van der Waals surface area contributed by atoms with Crippen molar-refractivity contribution in [3.63, 3.8) is 0 Å². The molecular weight excluding hydrogens is 299 g/mol. The van der Waals surface area contributed by atoms with E-state index in [1.807, 2.05) is 12.1 Å². The highest BCUT2D eigenvalue weighted by Crippen LogP contribution is 2.18. The SMILES string of the molecule is CC(C)N(/C=C(\C=[N+](C(C)C)C(C)C)c1ccc(F)cc1)C(C)C. The van der Waals surface area contributed by atoms with Crippen LogP contribution in [-0.2, 0) is 0 Å². The second-order valence-electron chi connectivity index (χ2n) is 7.49. The van der Waals surface area contributed by atoms with Crippen molar-refractivity contribution in [1.29, 1.82) is 0 Å². The van der Waals surface area contributed by atoms with Crippen LogP contribution in [0.25, 0.3) is 5.57 Å². The number of nitrogens with zero attached hydrogens (tertiary/aromatic N) is 2. The van der Waals surface area contributed by atoms with E-state index >= 15 is 0 Å². The fraction of sp³-hybridized carbons (Fsp3) is 0.571. The largest absolute Gasteiger partial charge is 0.372 e. The standard InChI is InChI=1S/C21H34FN2/c1-15(2)23(16(3)4)13-20(14-24(17(5)6)18(7)8)19-9-11-21(22)12-10-19/h9-18H,1-8H3/q+1. The van der Waals surface area contributed by atoms with Crippen molar-refractivity contribution in [2.45, 2.75) is 79.6 Å². The van der Waals surface area contributed by atoms with E-state index in [0.29, 0.717) is 24.2 Å². The van der Waals surface area contributed by atoms with Crippen molar-refractivity contribution in [1.82, 2.24) is 4.90 Å². The van der Waals surface area contributed by atoms with Crippen LogP contribution in [0.1, 0.15) is 61.0 Å². The summed E-state index contributed by atoms with van der Waals surface area (Å²) in [4.78, 5) is 2.34. The second kappa shape index (κ2) is 9.00. The van der Waals surface area contributed by atoms with Crippen LogP contribution in [0.2, 0.25) is 0 Å². The van der Waals surface area contributed by atoms with Crippen LogP contribution in [-0.4, -0.2) is 39.9 Å². The molecule has 0 saturated heterocycles. The minimum Gasteiger partial charge on any atom is -0.372 e. The molecule has 134 valence electrons. The van der Waals surface area contributed by atoms with Crippen LogP contribution >= 0.6 is 0 Å². The highest BCUT2D eigenvalue weighted by molar-refractivity contribution is 6.07. The van der Waals surface area contributed by atoms with Crippen LogP contribution in [0.15, 0.2) is 30.5 Å². The van der Waals surface area contributed by atoms with Gasteiger partial charge in [-0.2, -0.15) is 0 Å². The molecule has 1 aromatic carbocycles. The molecule has 0 aliphatic heterocycles. The molecule has 1 rings (SSSR count). The third-order valence-corrected chi connectivity index (χ3v) is 4.14. The zero-order chi connectivity index (χ0) is 18.4. The van der Waals surface area contributed by atoms with E-state index in [9.17, 15) is 4.39 Å². The van der Waals surface area contributed by atoms with E-state index < -0.39 is 0 Å². The lowest BCUT2D eigenvalue weighted by molar-refractivity contribution is -0.582. The van der Waals surface area contributed by atoms with Gasteiger partial charge in [0, 0.05) is 18.3 Å². The fourth-order valence-corrected chi connectivity index (χ4v) is 2.93. The third-order valence-electron chi connectivity index (χ3n) is 4.14. The van der Waals surface area contributed by atoms with Gasteiger partial charge in [-0.3, -0.25) is 0 Å². The number of hydrogen-bond acceptors (Lipinski definition) is 1. The zero-order valence-corrected chi connectivity index (χ0v) is 16.5. The molecule has 24 heavy (non-hydrogen) atoms. The molecule has 0 aromatic heterocycles. The van der Waals surface area contributed by atoms with E-state index in [2.05, 4.69) is 77.3 Å². The molecule has 0 amide bonds. The van der Waals surface area contributed by atoms with E-state index in [1.54, 1.807) is 0 Å². The van der Waals surface area contributed by atoms with Crippen molar-refractivity contribution in [3.05, 3.63) is 41.8 Å². The maximum atomic E-state index is 13.3. The molecule has 0 unspecified atom stereocenters. The molecule has 0 fully saturated rings. The quantitative estimate of drug-likeness (QED) is 0.492. The molecule has 0 aliphatic rings.